The van der Waals surface area contributed by atoms with Gasteiger partial charge in [-0.1, -0.05) is 11.6 Å². The van der Waals surface area contributed by atoms with Crippen LogP contribution >= 0.6 is 11.6 Å². The Labute approximate surface area is 123 Å². The number of nitro benzene ring substituents is 1. The zero-order valence-electron chi connectivity index (χ0n) is 10.7. The number of anilines is 1. The molecule has 0 saturated carbocycles. The lowest BCUT2D eigenvalue weighted by atomic mass is 10.1. The van der Waals surface area contributed by atoms with Crippen molar-refractivity contribution in [1.29, 1.82) is 0 Å². The maximum atomic E-state index is 12.1. The molecule has 0 atom stereocenters. The molecule has 0 aliphatic heterocycles. The van der Waals surface area contributed by atoms with Crippen molar-refractivity contribution in [2.24, 2.45) is 0 Å². The normalized spacial score (nSPS) is 10.0. The number of aromatic nitrogens is 2. The van der Waals surface area contributed by atoms with E-state index in [0.29, 0.717) is 5.75 Å². The maximum absolute atomic E-state index is 12.1. The summed E-state index contributed by atoms with van der Waals surface area (Å²) in [6.07, 6.45) is 0. The van der Waals surface area contributed by atoms with E-state index in [4.69, 9.17) is 16.3 Å². The number of carbonyl (C=O) groups is 1. The number of nitro groups is 1. The van der Waals surface area contributed by atoms with Crippen LogP contribution in [0.3, 0.4) is 0 Å². The molecular weight excluding hydrogens is 300 g/mol. The molecule has 21 heavy (non-hydrogen) atoms. The third-order valence-corrected chi connectivity index (χ3v) is 2.72. The predicted octanol–water partition coefficient (Wildman–Crippen LogP) is 2.30. The average molecular weight is 309 g/mol. The number of hydrogen-bond donors (Lipinski definition) is 1. The maximum Gasteiger partial charge on any atom is 0.282 e. The SMILES string of the molecule is COc1ccc([N+](=O)[O-])c(C(=O)Nc2ccc(Cl)nn2)c1. The topological polar surface area (TPSA) is 107 Å². The molecule has 108 valence electrons. The minimum atomic E-state index is -0.697. The second-order valence-electron chi connectivity index (χ2n) is 3.84. The average Bonchev–Trinajstić information content (AvgIpc) is 2.48. The van der Waals surface area contributed by atoms with Gasteiger partial charge in [-0.2, -0.15) is 0 Å². The molecule has 1 N–H and O–H groups in total. The molecule has 0 spiro atoms. The Morgan fingerprint density at radius 1 is 1.33 bits per heavy atom. The molecule has 0 bridgehead atoms. The first kappa shape index (κ1) is 14.7. The molecule has 1 aromatic heterocycles. The molecule has 9 heteroatoms. The molecule has 2 rings (SSSR count). The first-order valence-electron chi connectivity index (χ1n) is 5.64. The van der Waals surface area contributed by atoms with Crippen LogP contribution in [-0.4, -0.2) is 28.1 Å². The smallest absolute Gasteiger partial charge is 0.282 e. The van der Waals surface area contributed by atoms with Crippen LogP contribution in [0.25, 0.3) is 0 Å². The van der Waals surface area contributed by atoms with Gasteiger partial charge in [-0.3, -0.25) is 14.9 Å². The summed E-state index contributed by atoms with van der Waals surface area (Å²) in [5.41, 5.74) is -0.480. The molecule has 2 aromatic rings. The van der Waals surface area contributed by atoms with Gasteiger partial charge in [0.25, 0.3) is 11.6 Å². The fourth-order valence-corrected chi connectivity index (χ4v) is 1.65. The molecular formula is C12H9ClN4O4. The van der Waals surface area contributed by atoms with Crippen molar-refractivity contribution in [3.63, 3.8) is 0 Å². The number of nitrogens with one attached hydrogen (secondary N) is 1. The van der Waals surface area contributed by atoms with E-state index in [9.17, 15) is 14.9 Å². The monoisotopic (exact) mass is 308 g/mol. The van der Waals surface area contributed by atoms with Gasteiger partial charge in [0, 0.05) is 6.07 Å². The Hall–Kier alpha value is -2.74. The third-order valence-electron chi connectivity index (χ3n) is 2.52. The van der Waals surface area contributed by atoms with E-state index in [1.165, 1.54) is 37.4 Å². The summed E-state index contributed by atoms with van der Waals surface area (Å²) < 4.78 is 4.96. The minimum absolute atomic E-state index is 0.126. The highest BCUT2D eigenvalue weighted by Gasteiger charge is 2.21. The predicted molar refractivity (Wildman–Crippen MR) is 74.6 cm³/mol. The van der Waals surface area contributed by atoms with Crippen LogP contribution in [0.4, 0.5) is 11.5 Å². The zero-order chi connectivity index (χ0) is 15.4. The number of hydrogen-bond acceptors (Lipinski definition) is 6. The molecule has 0 radical (unpaired) electrons. The van der Waals surface area contributed by atoms with Crippen LogP contribution in [0.15, 0.2) is 30.3 Å². The van der Waals surface area contributed by atoms with E-state index in [1.807, 2.05) is 0 Å². The Balaban J connectivity index is 2.33. The summed E-state index contributed by atoms with van der Waals surface area (Å²) in [6.45, 7) is 0. The van der Waals surface area contributed by atoms with E-state index in [-0.39, 0.29) is 22.2 Å². The third kappa shape index (κ3) is 3.42. The van der Waals surface area contributed by atoms with Gasteiger partial charge in [0.1, 0.15) is 11.3 Å². The number of amides is 1. The van der Waals surface area contributed by atoms with Crippen molar-refractivity contribution in [1.82, 2.24) is 10.2 Å². The zero-order valence-corrected chi connectivity index (χ0v) is 11.5. The number of halogens is 1. The molecule has 0 fully saturated rings. The fraction of sp³-hybridized carbons (Fsp3) is 0.0833. The molecule has 1 aromatic carbocycles. The first-order chi connectivity index (χ1) is 10.0. The van der Waals surface area contributed by atoms with Gasteiger partial charge in [0.05, 0.1) is 12.0 Å². The van der Waals surface area contributed by atoms with Crippen molar-refractivity contribution in [2.75, 3.05) is 12.4 Å². The molecule has 1 heterocycles. The molecule has 0 aliphatic rings. The summed E-state index contributed by atoms with van der Waals surface area (Å²) in [5, 5.41) is 20.7. The highest BCUT2D eigenvalue weighted by atomic mass is 35.5. The van der Waals surface area contributed by atoms with Crippen LogP contribution in [0.1, 0.15) is 10.4 Å². The Morgan fingerprint density at radius 2 is 2.10 bits per heavy atom. The number of methoxy groups -OCH3 is 1. The van der Waals surface area contributed by atoms with Gasteiger partial charge in [-0.25, -0.2) is 0 Å². The van der Waals surface area contributed by atoms with E-state index < -0.39 is 10.8 Å². The number of carbonyl (C=O) groups excluding carboxylic acids is 1. The van der Waals surface area contributed by atoms with Gasteiger partial charge in [-0.05, 0) is 24.3 Å². The van der Waals surface area contributed by atoms with E-state index in [1.54, 1.807) is 0 Å². The second-order valence-corrected chi connectivity index (χ2v) is 4.22. The summed E-state index contributed by atoms with van der Waals surface area (Å²) >= 11 is 5.58. The van der Waals surface area contributed by atoms with Gasteiger partial charge >= 0.3 is 0 Å². The number of benzene rings is 1. The Kier molecular flexibility index (Phi) is 4.29. The summed E-state index contributed by atoms with van der Waals surface area (Å²) in [7, 11) is 1.40. The van der Waals surface area contributed by atoms with Crippen molar-refractivity contribution in [3.05, 3.63) is 51.2 Å². The number of rotatable bonds is 4. The van der Waals surface area contributed by atoms with Gasteiger partial charge in [0.15, 0.2) is 11.0 Å². The van der Waals surface area contributed by atoms with Crippen LogP contribution in [-0.2, 0) is 0 Å². The molecule has 0 unspecified atom stereocenters. The van der Waals surface area contributed by atoms with Gasteiger partial charge < -0.3 is 10.1 Å². The summed E-state index contributed by atoms with van der Waals surface area (Å²) in [4.78, 5) is 22.4. The van der Waals surface area contributed by atoms with E-state index in [0.717, 1.165) is 0 Å². The highest BCUT2D eigenvalue weighted by molar-refractivity contribution is 6.29. The molecule has 0 saturated heterocycles. The van der Waals surface area contributed by atoms with Crippen LogP contribution in [0.2, 0.25) is 5.15 Å². The Bertz CT molecular complexity index is 690. The molecule has 8 nitrogen and oxygen atoms in total. The van der Waals surface area contributed by atoms with Crippen LogP contribution < -0.4 is 10.1 Å². The minimum Gasteiger partial charge on any atom is -0.497 e. The lowest BCUT2D eigenvalue weighted by molar-refractivity contribution is -0.385. The first-order valence-corrected chi connectivity index (χ1v) is 6.02. The van der Waals surface area contributed by atoms with Crippen molar-refractivity contribution in [2.45, 2.75) is 0 Å². The van der Waals surface area contributed by atoms with Crippen LogP contribution in [0, 0.1) is 10.1 Å². The van der Waals surface area contributed by atoms with Gasteiger partial charge in [-0.15, -0.1) is 10.2 Å². The lowest BCUT2D eigenvalue weighted by Gasteiger charge is -2.06. The highest BCUT2D eigenvalue weighted by Crippen LogP contribution is 2.24. The lowest BCUT2D eigenvalue weighted by Crippen LogP contribution is -2.15. The van der Waals surface area contributed by atoms with E-state index in [2.05, 4.69) is 15.5 Å². The van der Waals surface area contributed by atoms with Crippen molar-refractivity contribution >= 4 is 29.0 Å². The van der Waals surface area contributed by atoms with Crippen molar-refractivity contribution < 1.29 is 14.5 Å². The summed E-state index contributed by atoms with van der Waals surface area (Å²) in [6, 6.07) is 6.73. The number of ether oxygens (including phenoxy) is 1. The van der Waals surface area contributed by atoms with E-state index >= 15 is 0 Å². The summed E-state index contributed by atoms with van der Waals surface area (Å²) in [5.74, 6) is -0.244. The van der Waals surface area contributed by atoms with Crippen LogP contribution in [0.5, 0.6) is 5.75 Å². The molecule has 0 aliphatic carbocycles. The van der Waals surface area contributed by atoms with Gasteiger partial charge in [0.2, 0.25) is 0 Å². The largest absolute Gasteiger partial charge is 0.497 e. The van der Waals surface area contributed by atoms with Crippen molar-refractivity contribution in [3.8, 4) is 5.75 Å². The second kappa shape index (κ2) is 6.14. The molecule has 1 amide bonds. The number of nitrogens with zero attached hydrogens (tertiary/aromatic N) is 3. The quantitative estimate of drug-likeness (QED) is 0.686. The Morgan fingerprint density at radius 3 is 2.67 bits per heavy atom. The fourth-order valence-electron chi connectivity index (χ4n) is 1.55. The standard InChI is InChI=1S/C12H9ClN4O4/c1-21-7-2-3-9(17(19)20)8(6-7)12(18)14-11-5-4-10(13)15-16-11/h2-6H,1H3,(H,14,16,18).